The molecule has 2 saturated heterocycles. The van der Waals surface area contributed by atoms with Gasteiger partial charge in [-0.2, -0.15) is 11.8 Å². The minimum atomic E-state index is 0.487. The molecule has 2 nitrogen and oxygen atoms in total. The molecule has 112 valence electrons. The van der Waals surface area contributed by atoms with Gasteiger partial charge in [-0.05, 0) is 50.7 Å². The SMILES string of the molecule is CCCC1(CN2CCSC(C)(C)CC2)CCNCC1. The highest BCUT2D eigenvalue weighted by molar-refractivity contribution is 8.00. The molecule has 0 aliphatic carbocycles. The monoisotopic (exact) mass is 284 g/mol. The zero-order chi connectivity index (χ0) is 13.8. The van der Waals surface area contributed by atoms with Gasteiger partial charge in [-0.25, -0.2) is 0 Å². The summed E-state index contributed by atoms with van der Waals surface area (Å²) in [4.78, 5) is 2.77. The lowest BCUT2D eigenvalue weighted by Gasteiger charge is -2.41. The number of nitrogens with zero attached hydrogens (tertiary/aromatic N) is 1. The highest BCUT2D eigenvalue weighted by Crippen LogP contribution is 2.37. The number of rotatable bonds is 4. The molecule has 2 aliphatic rings. The Morgan fingerprint density at radius 3 is 2.53 bits per heavy atom. The molecule has 0 aromatic heterocycles. The molecule has 19 heavy (non-hydrogen) atoms. The maximum atomic E-state index is 3.54. The highest BCUT2D eigenvalue weighted by Gasteiger charge is 2.34. The number of hydrogen-bond acceptors (Lipinski definition) is 3. The van der Waals surface area contributed by atoms with E-state index in [0.717, 1.165) is 0 Å². The quantitative estimate of drug-likeness (QED) is 0.852. The Morgan fingerprint density at radius 1 is 1.11 bits per heavy atom. The minimum absolute atomic E-state index is 0.487. The van der Waals surface area contributed by atoms with Gasteiger partial charge in [-0.3, -0.25) is 0 Å². The van der Waals surface area contributed by atoms with Gasteiger partial charge in [0, 0.05) is 23.6 Å². The number of hydrogen-bond donors (Lipinski definition) is 1. The van der Waals surface area contributed by atoms with Crippen molar-refractivity contribution in [3.8, 4) is 0 Å². The molecule has 0 amide bonds. The molecule has 0 saturated carbocycles. The Balaban J connectivity index is 1.93. The molecule has 2 fully saturated rings. The van der Waals surface area contributed by atoms with Crippen LogP contribution in [0.2, 0.25) is 0 Å². The van der Waals surface area contributed by atoms with Gasteiger partial charge in [0.15, 0.2) is 0 Å². The number of nitrogens with one attached hydrogen (secondary N) is 1. The van der Waals surface area contributed by atoms with E-state index in [2.05, 4.69) is 42.7 Å². The average Bonchev–Trinajstić information content (AvgIpc) is 2.52. The number of thioether (sulfide) groups is 1. The molecule has 0 aromatic rings. The molecular formula is C16H32N2S. The van der Waals surface area contributed by atoms with Crippen LogP contribution in [0.1, 0.15) is 52.9 Å². The second kappa shape index (κ2) is 6.82. The van der Waals surface area contributed by atoms with Gasteiger partial charge in [0.25, 0.3) is 0 Å². The summed E-state index contributed by atoms with van der Waals surface area (Å²) in [5.41, 5.74) is 0.610. The molecular weight excluding hydrogens is 252 g/mol. The summed E-state index contributed by atoms with van der Waals surface area (Å²) >= 11 is 2.17. The first-order valence-corrected chi connectivity index (χ1v) is 9.11. The van der Waals surface area contributed by atoms with E-state index < -0.39 is 0 Å². The van der Waals surface area contributed by atoms with Crippen molar-refractivity contribution in [2.75, 3.05) is 38.5 Å². The van der Waals surface area contributed by atoms with E-state index in [4.69, 9.17) is 0 Å². The highest BCUT2D eigenvalue weighted by atomic mass is 32.2. The van der Waals surface area contributed by atoms with Crippen molar-refractivity contribution >= 4 is 11.8 Å². The van der Waals surface area contributed by atoms with E-state index in [1.54, 1.807) is 0 Å². The second-order valence-corrected chi connectivity index (χ2v) is 8.94. The van der Waals surface area contributed by atoms with Crippen LogP contribution in [0.3, 0.4) is 0 Å². The minimum Gasteiger partial charge on any atom is -0.317 e. The summed E-state index contributed by atoms with van der Waals surface area (Å²) in [6.07, 6.45) is 6.87. The van der Waals surface area contributed by atoms with Crippen LogP contribution in [-0.4, -0.2) is 48.1 Å². The predicted molar refractivity (Wildman–Crippen MR) is 87.0 cm³/mol. The topological polar surface area (TPSA) is 15.3 Å². The Morgan fingerprint density at radius 2 is 1.84 bits per heavy atom. The zero-order valence-electron chi connectivity index (χ0n) is 13.1. The molecule has 0 bridgehead atoms. The van der Waals surface area contributed by atoms with Crippen molar-refractivity contribution in [3.63, 3.8) is 0 Å². The third-order valence-corrected chi connectivity index (χ3v) is 6.31. The molecule has 0 radical (unpaired) electrons. The lowest BCUT2D eigenvalue weighted by atomic mass is 9.75. The molecule has 0 atom stereocenters. The van der Waals surface area contributed by atoms with Crippen LogP contribution in [0.5, 0.6) is 0 Å². The van der Waals surface area contributed by atoms with Crippen molar-refractivity contribution < 1.29 is 0 Å². The van der Waals surface area contributed by atoms with E-state index in [1.807, 2.05) is 0 Å². The van der Waals surface area contributed by atoms with Crippen molar-refractivity contribution in [1.29, 1.82) is 0 Å². The summed E-state index contributed by atoms with van der Waals surface area (Å²) in [6.45, 7) is 13.6. The molecule has 0 aromatic carbocycles. The third kappa shape index (κ3) is 4.64. The molecule has 0 unspecified atom stereocenters. The van der Waals surface area contributed by atoms with E-state index >= 15 is 0 Å². The molecule has 3 heteroatoms. The van der Waals surface area contributed by atoms with Crippen LogP contribution in [-0.2, 0) is 0 Å². The first-order valence-electron chi connectivity index (χ1n) is 8.12. The van der Waals surface area contributed by atoms with Gasteiger partial charge in [0.05, 0.1) is 0 Å². The van der Waals surface area contributed by atoms with Crippen molar-refractivity contribution in [3.05, 3.63) is 0 Å². The van der Waals surface area contributed by atoms with E-state index in [9.17, 15) is 0 Å². The number of piperidine rings is 1. The van der Waals surface area contributed by atoms with Gasteiger partial charge < -0.3 is 10.2 Å². The Kier molecular flexibility index (Phi) is 5.62. The fourth-order valence-corrected chi connectivity index (χ4v) is 4.81. The van der Waals surface area contributed by atoms with E-state index in [1.165, 1.54) is 70.6 Å². The summed E-state index contributed by atoms with van der Waals surface area (Å²) in [5, 5.41) is 3.54. The van der Waals surface area contributed by atoms with Gasteiger partial charge in [0.2, 0.25) is 0 Å². The Bertz CT molecular complexity index is 266. The normalized spacial score (nSPS) is 27.9. The van der Waals surface area contributed by atoms with E-state index in [-0.39, 0.29) is 0 Å². The maximum absolute atomic E-state index is 3.54. The van der Waals surface area contributed by atoms with Crippen LogP contribution < -0.4 is 5.32 Å². The zero-order valence-corrected chi connectivity index (χ0v) is 14.0. The summed E-state index contributed by atoms with van der Waals surface area (Å²) < 4.78 is 0.487. The molecule has 2 rings (SSSR count). The Labute approximate surface area is 124 Å². The smallest absolute Gasteiger partial charge is 0.0116 e. The lowest BCUT2D eigenvalue weighted by Crippen LogP contribution is -2.45. The van der Waals surface area contributed by atoms with Crippen LogP contribution in [0.4, 0.5) is 0 Å². The van der Waals surface area contributed by atoms with Gasteiger partial charge >= 0.3 is 0 Å². The predicted octanol–water partition coefficient (Wildman–Crippen LogP) is 3.37. The molecule has 2 aliphatic heterocycles. The van der Waals surface area contributed by atoms with Crippen molar-refractivity contribution in [1.82, 2.24) is 10.2 Å². The standard InChI is InChI=1S/C16H32N2S/c1-4-5-16(6-9-17-10-7-16)14-18-11-8-15(2,3)19-13-12-18/h17H,4-14H2,1-3H3. The van der Waals surface area contributed by atoms with Gasteiger partial charge in [0.1, 0.15) is 0 Å². The molecule has 2 heterocycles. The lowest BCUT2D eigenvalue weighted by molar-refractivity contribution is 0.104. The summed E-state index contributed by atoms with van der Waals surface area (Å²) in [6, 6.07) is 0. The summed E-state index contributed by atoms with van der Waals surface area (Å²) in [7, 11) is 0. The Hall–Kier alpha value is 0.270. The fraction of sp³-hybridized carbons (Fsp3) is 1.00. The van der Waals surface area contributed by atoms with Crippen LogP contribution in [0.15, 0.2) is 0 Å². The fourth-order valence-electron chi connectivity index (χ4n) is 3.67. The first kappa shape index (κ1) is 15.7. The van der Waals surface area contributed by atoms with Crippen LogP contribution in [0.25, 0.3) is 0 Å². The second-order valence-electron chi connectivity index (χ2n) is 7.13. The van der Waals surface area contributed by atoms with Crippen LogP contribution >= 0.6 is 11.8 Å². The maximum Gasteiger partial charge on any atom is 0.0116 e. The van der Waals surface area contributed by atoms with Gasteiger partial charge in [-0.15, -0.1) is 0 Å². The third-order valence-electron chi connectivity index (χ3n) is 4.93. The molecule has 1 N–H and O–H groups in total. The first-order chi connectivity index (χ1) is 9.05. The van der Waals surface area contributed by atoms with Crippen molar-refractivity contribution in [2.24, 2.45) is 5.41 Å². The van der Waals surface area contributed by atoms with Crippen LogP contribution in [0, 0.1) is 5.41 Å². The summed E-state index contributed by atoms with van der Waals surface area (Å²) in [5.74, 6) is 1.31. The molecule has 0 spiro atoms. The van der Waals surface area contributed by atoms with Gasteiger partial charge in [-0.1, -0.05) is 27.2 Å². The van der Waals surface area contributed by atoms with Crippen molar-refractivity contribution in [2.45, 2.75) is 57.6 Å². The van der Waals surface area contributed by atoms with E-state index in [0.29, 0.717) is 10.2 Å². The average molecular weight is 285 g/mol. The largest absolute Gasteiger partial charge is 0.317 e.